The second-order valence-corrected chi connectivity index (χ2v) is 6.36. The van der Waals surface area contributed by atoms with E-state index in [4.69, 9.17) is 16.6 Å². The van der Waals surface area contributed by atoms with Gasteiger partial charge in [0, 0.05) is 29.1 Å². The quantitative estimate of drug-likeness (QED) is 0.281. The van der Waals surface area contributed by atoms with Crippen molar-refractivity contribution in [3.05, 3.63) is 82.9 Å². The number of nitrogens with one attached hydrogen (secondary N) is 2. The molecular formula is C20H14N4O3S. The zero-order chi connectivity index (χ0) is 19.5. The zero-order valence-corrected chi connectivity index (χ0v) is 15.3. The number of nitro benzene ring substituents is 1. The highest BCUT2D eigenvalue weighted by Crippen LogP contribution is 2.26. The monoisotopic (exact) mass is 390 g/mol. The Bertz CT molecular complexity index is 1140. The molecule has 0 aliphatic rings. The topological polar surface area (TPSA) is 93.2 Å². The summed E-state index contributed by atoms with van der Waals surface area (Å²) in [5.41, 5.74) is 3.78. The average molecular weight is 390 g/mol. The molecule has 0 unspecified atom stereocenters. The van der Waals surface area contributed by atoms with Gasteiger partial charge in [-0.25, -0.2) is 4.98 Å². The van der Waals surface area contributed by atoms with Gasteiger partial charge in [0.05, 0.1) is 4.92 Å². The van der Waals surface area contributed by atoms with Gasteiger partial charge < -0.3 is 15.1 Å². The number of hydrogen-bond donors (Lipinski definition) is 2. The molecule has 0 aliphatic heterocycles. The van der Waals surface area contributed by atoms with Crippen molar-refractivity contribution < 1.29 is 9.34 Å². The summed E-state index contributed by atoms with van der Waals surface area (Å²) in [6.45, 7) is 0. The first-order valence-electron chi connectivity index (χ1n) is 8.37. The second kappa shape index (κ2) is 7.45. The van der Waals surface area contributed by atoms with Gasteiger partial charge in [0.2, 0.25) is 5.89 Å². The van der Waals surface area contributed by atoms with Gasteiger partial charge in [-0.05, 0) is 54.7 Å². The van der Waals surface area contributed by atoms with Gasteiger partial charge >= 0.3 is 0 Å². The summed E-state index contributed by atoms with van der Waals surface area (Å²) in [5.74, 6) is 0.527. The molecule has 2 N–H and O–H groups in total. The van der Waals surface area contributed by atoms with Crippen molar-refractivity contribution in [3.63, 3.8) is 0 Å². The van der Waals surface area contributed by atoms with Crippen LogP contribution < -0.4 is 10.6 Å². The van der Waals surface area contributed by atoms with Crippen molar-refractivity contribution in [1.29, 1.82) is 0 Å². The van der Waals surface area contributed by atoms with Crippen LogP contribution in [0.3, 0.4) is 0 Å². The normalized spacial score (nSPS) is 10.6. The predicted octanol–water partition coefficient (Wildman–Crippen LogP) is 5.21. The summed E-state index contributed by atoms with van der Waals surface area (Å²) in [6, 6.07) is 21.1. The largest absolute Gasteiger partial charge is 0.436 e. The molecule has 8 heteroatoms. The number of hydrogen-bond acceptors (Lipinski definition) is 5. The summed E-state index contributed by atoms with van der Waals surface area (Å²) in [4.78, 5) is 14.8. The number of fused-ring (bicyclic) bond motifs is 1. The molecule has 0 spiro atoms. The van der Waals surface area contributed by atoms with Gasteiger partial charge in [0.15, 0.2) is 10.7 Å². The Morgan fingerprint density at radius 2 is 1.71 bits per heavy atom. The minimum absolute atomic E-state index is 0.0236. The number of nitrogens with zero attached hydrogens (tertiary/aromatic N) is 2. The number of para-hydroxylation sites is 2. The molecule has 0 fully saturated rings. The molecule has 138 valence electrons. The molecule has 28 heavy (non-hydrogen) atoms. The highest BCUT2D eigenvalue weighted by Gasteiger charge is 2.09. The zero-order valence-electron chi connectivity index (χ0n) is 14.5. The van der Waals surface area contributed by atoms with Crippen LogP contribution in [0.5, 0.6) is 0 Å². The third-order valence-electron chi connectivity index (χ3n) is 4.00. The molecule has 7 nitrogen and oxygen atoms in total. The van der Waals surface area contributed by atoms with Crippen LogP contribution >= 0.6 is 12.2 Å². The standard InChI is InChI=1S/C20H14N4O3S/c25-24(26)16-10-8-14(9-11-16)21-20(28)22-15-5-3-4-13(12-15)19-23-17-6-1-2-7-18(17)27-19/h1-12H,(H2,21,22,28). The molecule has 0 aliphatic carbocycles. The summed E-state index contributed by atoms with van der Waals surface area (Å²) < 4.78 is 5.80. The first kappa shape index (κ1) is 17.6. The molecule has 1 aromatic heterocycles. The van der Waals surface area contributed by atoms with Crippen LogP contribution in [0.15, 0.2) is 77.2 Å². The van der Waals surface area contributed by atoms with Gasteiger partial charge in [-0.15, -0.1) is 0 Å². The number of aromatic nitrogens is 1. The van der Waals surface area contributed by atoms with Gasteiger partial charge in [-0.2, -0.15) is 0 Å². The minimum Gasteiger partial charge on any atom is -0.436 e. The third kappa shape index (κ3) is 3.81. The van der Waals surface area contributed by atoms with Crippen molar-refractivity contribution in [2.24, 2.45) is 0 Å². The smallest absolute Gasteiger partial charge is 0.269 e. The molecule has 4 rings (SSSR count). The fourth-order valence-electron chi connectivity index (χ4n) is 2.69. The Hall–Kier alpha value is -3.78. The van der Waals surface area contributed by atoms with Crippen LogP contribution in [0.2, 0.25) is 0 Å². The lowest BCUT2D eigenvalue weighted by atomic mass is 10.2. The number of nitro groups is 1. The first-order chi connectivity index (χ1) is 13.6. The van der Waals surface area contributed by atoms with Crippen LogP contribution in [0.4, 0.5) is 17.1 Å². The Balaban J connectivity index is 1.48. The van der Waals surface area contributed by atoms with Crippen molar-refractivity contribution in [2.45, 2.75) is 0 Å². The van der Waals surface area contributed by atoms with Crippen LogP contribution in [0.25, 0.3) is 22.6 Å². The Kier molecular flexibility index (Phi) is 4.69. The van der Waals surface area contributed by atoms with Crippen molar-refractivity contribution in [1.82, 2.24) is 4.98 Å². The molecule has 4 aromatic rings. The van der Waals surface area contributed by atoms with Crippen molar-refractivity contribution in [3.8, 4) is 11.5 Å². The number of non-ortho nitro benzene ring substituents is 1. The first-order valence-corrected chi connectivity index (χ1v) is 8.78. The maximum atomic E-state index is 10.7. The maximum absolute atomic E-state index is 10.7. The van der Waals surface area contributed by atoms with Crippen LogP contribution in [0, 0.1) is 10.1 Å². The molecule has 0 radical (unpaired) electrons. The predicted molar refractivity (Wildman–Crippen MR) is 112 cm³/mol. The molecule has 0 saturated heterocycles. The van der Waals surface area contributed by atoms with E-state index in [9.17, 15) is 10.1 Å². The highest BCUT2D eigenvalue weighted by atomic mass is 32.1. The molecule has 0 atom stereocenters. The van der Waals surface area contributed by atoms with Crippen LogP contribution in [-0.4, -0.2) is 15.0 Å². The van der Waals surface area contributed by atoms with Gasteiger partial charge in [0.1, 0.15) is 5.52 Å². The molecule has 0 bridgehead atoms. The van der Waals surface area contributed by atoms with E-state index in [1.54, 1.807) is 12.1 Å². The number of anilines is 2. The summed E-state index contributed by atoms with van der Waals surface area (Å²) in [5, 5.41) is 17.2. The molecular weight excluding hydrogens is 376 g/mol. The van der Waals surface area contributed by atoms with Crippen LogP contribution in [0.1, 0.15) is 0 Å². The highest BCUT2D eigenvalue weighted by molar-refractivity contribution is 7.80. The Morgan fingerprint density at radius 1 is 0.964 bits per heavy atom. The van der Waals surface area contributed by atoms with Gasteiger partial charge in [-0.1, -0.05) is 18.2 Å². The van der Waals surface area contributed by atoms with E-state index in [1.165, 1.54) is 12.1 Å². The van der Waals surface area contributed by atoms with E-state index in [-0.39, 0.29) is 5.69 Å². The molecule has 3 aromatic carbocycles. The lowest BCUT2D eigenvalue weighted by Crippen LogP contribution is -2.19. The Morgan fingerprint density at radius 3 is 2.46 bits per heavy atom. The summed E-state index contributed by atoms with van der Waals surface area (Å²) in [7, 11) is 0. The second-order valence-electron chi connectivity index (χ2n) is 5.95. The van der Waals surface area contributed by atoms with Gasteiger partial charge in [0.25, 0.3) is 5.69 Å². The Labute approximate surface area is 165 Å². The lowest BCUT2D eigenvalue weighted by molar-refractivity contribution is -0.384. The SMILES string of the molecule is O=[N+]([O-])c1ccc(NC(=S)Nc2cccc(-c3nc4ccccc4o3)c2)cc1. The summed E-state index contributed by atoms with van der Waals surface area (Å²) >= 11 is 5.32. The number of oxazole rings is 1. The van der Waals surface area contributed by atoms with E-state index in [2.05, 4.69) is 15.6 Å². The fraction of sp³-hybridized carbons (Fsp3) is 0. The van der Waals surface area contributed by atoms with E-state index in [0.29, 0.717) is 16.7 Å². The van der Waals surface area contributed by atoms with Crippen molar-refractivity contribution in [2.75, 3.05) is 10.6 Å². The van der Waals surface area contributed by atoms with Crippen LogP contribution in [-0.2, 0) is 0 Å². The van der Waals surface area contributed by atoms with E-state index >= 15 is 0 Å². The molecule has 0 amide bonds. The fourth-order valence-corrected chi connectivity index (χ4v) is 2.92. The lowest BCUT2D eigenvalue weighted by Gasteiger charge is -2.11. The number of benzene rings is 3. The summed E-state index contributed by atoms with van der Waals surface area (Å²) in [6.07, 6.45) is 0. The van der Waals surface area contributed by atoms with Gasteiger partial charge in [-0.3, -0.25) is 10.1 Å². The number of thiocarbonyl (C=S) groups is 1. The minimum atomic E-state index is -0.446. The average Bonchev–Trinajstić information content (AvgIpc) is 3.13. The molecule has 1 heterocycles. The van der Waals surface area contributed by atoms with E-state index in [0.717, 1.165) is 22.4 Å². The molecule has 0 saturated carbocycles. The maximum Gasteiger partial charge on any atom is 0.269 e. The number of rotatable bonds is 4. The third-order valence-corrected chi connectivity index (χ3v) is 4.20. The van der Waals surface area contributed by atoms with E-state index < -0.39 is 4.92 Å². The van der Waals surface area contributed by atoms with E-state index in [1.807, 2.05) is 48.5 Å². The van der Waals surface area contributed by atoms with Crippen molar-refractivity contribution >= 4 is 45.5 Å².